The number of amides is 1. The van der Waals surface area contributed by atoms with Crippen molar-refractivity contribution in [3.63, 3.8) is 0 Å². The third kappa shape index (κ3) is 4.31. The van der Waals surface area contributed by atoms with Gasteiger partial charge in [-0.15, -0.1) is 0 Å². The molecular formula is C16H20N2O4. The zero-order valence-corrected chi connectivity index (χ0v) is 12.5. The van der Waals surface area contributed by atoms with Crippen LogP contribution in [0, 0.1) is 0 Å². The lowest BCUT2D eigenvalue weighted by atomic mass is 9.96. The third-order valence-electron chi connectivity index (χ3n) is 3.55. The number of carbonyl (C=O) groups is 2. The lowest BCUT2D eigenvalue weighted by Crippen LogP contribution is -2.40. The molecule has 0 radical (unpaired) electrons. The number of rotatable bonds is 7. The molecule has 0 bridgehead atoms. The molecule has 1 unspecified atom stereocenters. The van der Waals surface area contributed by atoms with Gasteiger partial charge >= 0.3 is 5.97 Å². The third-order valence-corrected chi connectivity index (χ3v) is 3.55. The molecule has 0 spiro atoms. The molecule has 1 heterocycles. The molecule has 1 saturated carbocycles. The Morgan fingerprint density at radius 2 is 2.32 bits per heavy atom. The van der Waals surface area contributed by atoms with Gasteiger partial charge in [-0.25, -0.2) is 9.78 Å². The zero-order chi connectivity index (χ0) is 15.9. The van der Waals surface area contributed by atoms with E-state index < -0.39 is 17.9 Å². The maximum atomic E-state index is 12.2. The van der Waals surface area contributed by atoms with Crippen LogP contribution in [-0.2, 0) is 4.79 Å². The normalized spacial score (nSPS) is 16.0. The van der Waals surface area contributed by atoms with Gasteiger partial charge in [-0.3, -0.25) is 4.79 Å². The summed E-state index contributed by atoms with van der Waals surface area (Å²) in [7, 11) is 0. The van der Waals surface area contributed by atoms with Crippen molar-refractivity contribution in [2.24, 2.45) is 0 Å². The predicted octanol–water partition coefficient (Wildman–Crippen LogP) is 2.16. The van der Waals surface area contributed by atoms with Crippen LogP contribution in [0.5, 0.6) is 5.88 Å². The van der Waals surface area contributed by atoms with E-state index in [4.69, 9.17) is 9.84 Å². The van der Waals surface area contributed by atoms with Gasteiger partial charge in [0.1, 0.15) is 12.1 Å². The number of nitrogens with zero attached hydrogens (tertiary/aromatic N) is 1. The quantitative estimate of drug-likeness (QED) is 0.754. The number of hydrogen-bond donors (Lipinski definition) is 2. The van der Waals surface area contributed by atoms with Crippen LogP contribution >= 0.6 is 0 Å². The van der Waals surface area contributed by atoms with E-state index in [-0.39, 0.29) is 12.5 Å². The van der Waals surface area contributed by atoms with Gasteiger partial charge in [-0.05, 0) is 38.7 Å². The van der Waals surface area contributed by atoms with Crippen LogP contribution in [0.1, 0.15) is 43.0 Å². The fraction of sp³-hybridized carbons (Fsp3) is 0.438. The Labute approximate surface area is 129 Å². The summed E-state index contributed by atoms with van der Waals surface area (Å²) in [6.07, 6.45) is 8.52. The monoisotopic (exact) mass is 304 g/mol. The number of aromatic nitrogens is 1. The molecule has 6 nitrogen and oxygen atoms in total. The summed E-state index contributed by atoms with van der Waals surface area (Å²) < 4.78 is 5.64. The highest BCUT2D eigenvalue weighted by Gasteiger charge is 2.22. The SMILES string of the molecule is C/C=C/CC(NC(=O)c1ccnc(OC2CCC2)c1)C(=O)O. The Kier molecular flexibility index (Phi) is 5.52. The summed E-state index contributed by atoms with van der Waals surface area (Å²) in [5.74, 6) is -1.11. The first kappa shape index (κ1) is 16.0. The van der Waals surface area contributed by atoms with E-state index in [0.29, 0.717) is 11.4 Å². The number of hydrogen-bond acceptors (Lipinski definition) is 4. The maximum absolute atomic E-state index is 12.2. The second-order valence-electron chi connectivity index (χ2n) is 5.22. The Hall–Kier alpha value is -2.37. The van der Waals surface area contributed by atoms with E-state index in [9.17, 15) is 9.59 Å². The topological polar surface area (TPSA) is 88.5 Å². The smallest absolute Gasteiger partial charge is 0.326 e. The predicted molar refractivity (Wildman–Crippen MR) is 80.8 cm³/mol. The van der Waals surface area contributed by atoms with Crippen LogP contribution in [0.4, 0.5) is 0 Å². The molecule has 1 amide bonds. The fourth-order valence-electron chi connectivity index (χ4n) is 2.01. The van der Waals surface area contributed by atoms with Crippen molar-refractivity contribution < 1.29 is 19.4 Å². The Bertz CT molecular complexity index is 567. The van der Waals surface area contributed by atoms with Gasteiger partial charge < -0.3 is 15.2 Å². The Morgan fingerprint density at radius 3 is 2.91 bits per heavy atom. The maximum Gasteiger partial charge on any atom is 0.326 e. The molecule has 22 heavy (non-hydrogen) atoms. The molecule has 1 atom stereocenters. The van der Waals surface area contributed by atoms with Crippen molar-refractivity contribution >= 4 is 11.9 Å². The standard InChI is InChI=1S/C16H20N2O4/c1-2-3-7-13(16(20)21)18-15(19)11-8-9-17-14(10-11)22-12-5-4-6-12/h2-3,8-10,12-13H,4-7H2,1H3,(H,18,19)(H,20,21)/b3-2+. The minimum Gasteiger partial charge on any atom is -0.480 e. The number of carbonyl (C=O) groups excluding carboxylic acids is 1. The lowest BCUT2D eigenvalue weighted by molar-refractivity contribution is -0.139. The van der Waals surface area contributed by atoms with Gasteiger partial charge in [0.25, 0.3) is 5.91 Å². The first-order chi connectivity index (χ1) is 10.6. The number of carboxylic acid groups (broad SMARTS) is 1. The average molecular weight is 304 g/mol. The second kappa shape index (κ2) is 7.59. The van der Waals surface area contributed by atoms with Crippen molar-refractivity contribution in [3.8, 4) is 5.88 Å². The van der Waals surface area contributed by atoms with Gasteiger partial charge in [0, 0.05) is 17.8 Å². The van der Waals surface area contributed by atoms with Crippen LogP contribution in [-0.4, -0.2) is 34.1 Å². The summed E-state index contributed by atoms with van der Waals surface area (Å²) in [6, 6.07) is 2.13. The van der Waals surface area contributed by atoms with Crippen molar-refractivity contribution in [2.45, 2.75) is 44.8 Å². The number of aliphatic carboxylic acids is 1. The summed E-state index contributed by atoms with van der Waals surface area (Å²) >= 11 is 0. The molecular weight excluding hydrogens is 284 g/mol. The zero-order valence-electron chi connectivity index (χ0n) is 12.5. The highest BCUT2D eigenvalue weighted by molar-refractivity contribution is 5.96. The van der Waals surface area contributed by atoms with Crippen LogP contribution in [0.2, 0.25) is 0 Å². The van der Waals surface area contributed by atoms with Crippen LogP contribution in [0.15, 0.2) is 30.5 Å². The highest BCUT2D eigenvalue weighted by Crippen LogP contribution is 2.24. The fourth-order valence-corrected chi connectivity index (χ4v) is 2.01. The van der Waals surface area contributed by atoms with Crippen LogP contribution < -0.4 is 10.1 Å². The Morgan fingerprint density at radius 1 is 1.55 bits per heavy atom. The number of pyridine rings is 1. The molecule has 1 aliphatic rings. The van der Waals surface area contributed by atoms with Crippen molar-refractivity contribution in [1.82, 2.24) is 10.3 Å². The van der Waals surface area contributed by atoms with Gasteiger partial charge in [0.05, 0.1) is 0 Å². The lowest BCUT2D eigenvalue weighted by Gasteiger charge is -2.25. The number of carboxylic acids is 1. The molecule has 0 aliphatic heterocycles. The van der Waals surface area contributed by atoms with Gasteiger partial charge in [0.15, 0.2) is 0 Å². The van der Waals surface area contributed by atoms with Gasteiger partial charge in [0.2, 0.25) is 5.88 Å². The first-order valence-corrected chi connectivity index (χ1v) is 7.37. The van der Waals surface area contributed by atoms with Crippen molar-refractivity contribution in [1.29, 1.82) is 0 Å². The molecule has 0 aromatic carbocycles. The number of allylic oxidation sites excluding steroid dienone is 1. The molecule has 118 valence electrons. The highest BCUT2D eigenvalue weighted by atomic mass is 16.5. The summed E-state index contributed by atoms with van der Waals surface area (Å²) in [6.45, 7) is 1.80. The number of ether oxygens (including phenoxy) is 1. The van der Waals surface area contributed by atoms with Crippen LogP contribution in [0.25, 0.3) is 0 Å². The first-order valence-electron chi connectivity index (χ1n) is 7.37. The molecule has 2 N–H and O–H groups in total. The minimum absolute atomic E-state index is 0.173. The second-order valence-corrected chi connectivity index (χ2v) is 5.22. The average Bonchev–Trinajstić information content (AvgIpc) is 2.47. The molecule has 6 heteroatoms. The van der Waals surface area contributed by atoms with E-state index in [1.54, 1.807) is 25.1 Å². The molecule has 1 aromatic rings. The van der Waals surface area contributed by atoms with E-state index >= 15 is 0 Å². The van der Waals surface area contributed by atoms with E-state index in [1.165, 1.54) is 12.3 Å². The summed E-state index contributed by atoms with van der Waals surface area (Å²) in [5.41, 5.74) is 0.344. The van der Waals surface area contributed by atoms with E-state index in [1.807, 2.05) is 0 Å². The minimum atomic E-state index is -1.06. The van der Waals surface area contributed by atoms with Crippen molar-refractivity contribution in [3.05, 3.63) is 36.0 Å². The van der Waals surface area contributed by atoms with Crippen molar-refractivity contribution in [2.75, 3.05) is 0 Å². The summed E-state index contributed by atoms with van der Waals surface area (Å²) in [4.78, 5) is 27.4. The van der Waals surface area contributed by atoms with Gasteiger partial charge in [-0.1, -0.05) is 12.2 Å². The molecule has 1 aliphatic carbocycles. The molecule has 2 rings (SSSR count). The largest absolute Gasteiger partial charge is 0.480 e. The molecule has 1 fully saturated rings. The van der Waals surface area contributed by atoms with Crippen LogP contribution in [0.3, 0.4) is 0 Å². The molecule has 0 saturated heterocycles. The van der Waals surface area contributed by atoms with E-state index in [2.05, 4.69) is 10.3 Å². The molecule has 1 aromatic heterocycles. The van der Waals surface area contributed by atoms with Gasteiger partial charge in [-0.2, -0.15) is 0 Å². The Balaban J connectivity index is 2.01. The number of nitrogens with one attached hydrogen (secondary N) is 1. The summed E-state index contributed by atoms with van der Waals surface area (Å²) in [5, 5.41) is 11.6. The van der Waals surface area contributed by atoms with E-state index in [0.717, 1.165) is 19.3 Å².